The van der Waals surface area contributed by atoms with Crippen LogP contribution < -0.4 is 5.43 Å². The van der Waals surface area contributed by atoms with Gasteiger partial charge in [0.1, 0.15) is 0 Å². The number of rotatable bonds is 5. The first-order chi connectivity index (χ1) is 9.61. The van der Waals surface area contributed by atoms with Gasteiger partial charge in [0.15, 0.2) is 5.75 Å². The highest BCUT2D eigenvalue weighted by Gasteiger charge is 2.15. The molecule has 0 saturated carbocycles. The summed E-state index contributed by atoms with van der Waals surface area (Å²) in [4.78, 5) is 16.1. The lowest BCUT2D eigenvalue weighted by Gasteiger charge is -2.34. The molecule has 0 bridgehead atoms. The van der Waals surface area contributed by atoms with Crippen LogP contribution in [0, 0.1) is 6.92 Å². The summed E-state index contributed by atoms with van der Waals surface area (Å²) in [6.07, 6.45) is 3.70. The van der Waals surface area contributed by atoms with Gasteiger partial charge in [-0.15, -0.1) is 6.58 Å². The third kappa shape index (κ3) is 3.49. The minimum absolute atomic E-state index is 0.136. The SMILES string of the molecule is C=CCN1CCN(CCn2ccc(=O)c(O)c2C)CC1. The smallest absolute Gasteiger partial charge is 0.223 e. The average Bonchev–Trinajstić information content (AvgIpc) is 2.46. The molecule has 1 aliphatic heterocycles. The van der Waals surface area contributed by atoms with Crippen molar-refractivity contribution in [2.24, 2.45) is 0 Å². The lowest BCUT2D eigenvalue weighted by atomic mass is 10.3. The first kappa shape index (κ1) is 14.8. The fraction of sp³-hybridized carbons (Fsp3) is 0.533. The van der Waals surface area contributed by atoms with Crippen molar-refractivity contribution in [3.05, 3.63) is 40.8 Å². The molecule has 2 heterocycles. The van der Waals surface area contributed by atoms with Crippen molar-refractivity contribution in [2.45, 2.75) is 13.5 Å². The van der Waals surface area contributed by atoms with Gasteiger partial charge in [0.25, 0.3) is 0 Å². The van der Waals surface area contributed by atoms with E-state index in [1.807, 2.05) is 10.6 Å². The van der Waals surface area contributed by atoms with Crippen LogP contribution >= 0.6 is 0 Å². The quantitative estimate of drug-likeness (QED) is 0.804. The fourth-order valence-corrected chi connectivity index (χ4v) is 2.53. The molecule has 2 rings (SSSR count). The van der Waals surface area contributed by atoms with Gasteiger partial charge >= 0.3 is 0 Å². The molecule has 20 heavy (non-hydrogen) atoms. The Kier molecular flexibility index (Phi) is 4.98. The zero-order chi connectivity index (χ0) is 14.5. The highest BCUT2D eigenvalue weighted by Crippen LogP contribution is 2.09. The maximum Gasteiger partial charge on any atom is 0.223 e. The zero-order valence-corrected chi connectivity index (χ0v) is 12.1. The van der Waals surface area contributed by atoms with Crippen molar-refractivity contribution in [3.63, 3.8) is 0 Å². The van der Waals surface area contributed by atoms with Crippen LogP contribution in [0.5, 0.6) is 5.75 Å². The van der Waals surface area contributed by atoms with E-state index in [9.17, 15) is 9.90 Å². The van der Waals surface area contributed by atoms with Crippen molar-refractivity contribution in [1.82, 2.24) is 14.4 Å². The molecular formula is C15H23N3O2. The van der Waals surface area contributed by atoms with Crippen LogP contribution in [0.4, 0.5) is 0 Å². The maximum absolute atomic E-state index is 11.3. The van der Waals surface area contributed by atoms with Crippen molar-refractivity contribution < 1.29 is 5.11 Å². The fourth-order valence-electron chi connectivity index (χ4n) is 2.53. The van der Waals surface area contributed by atoms with E-state index >= 15 is 0 Å². The second-order valence-electron chi connectivity index (χ2n) is 5.24. The van der Waals surface area contributed by atoms with Gasteiger partial charge in [-0.3, -0.25) is 14.6 Å². The molecule has 1 aromatic heterocycles. The maximum atomic E-state index is 11.3. The van der Waals surface area contributed by atoms with Gasteiger partial charge in [0.2, 0.25) is 5.43 Å². The van der Waals surface area contributed by atoms with Crippen LogP contribution in [0.25, 0.3) is 0 Å². The Morgan fingerprint density at radius 2 is 1.90 bits per heavy atom. The third-order valence-electron chi connectivity index (χ3n) is 3.92. The molecule has 0 aromatic carbocycles. The Labute approximate surface area is 119 Å². The van der Waals surface area contributed by atoms with Crippen LogP contribution in [0.3, 0.4) is 0 Å². The van der Waals surface area contributed by atoms with E-state index in [-0.39, 0.29) is 11.2 Å². The highest BCUT2D eigenvalue weighted by molar-refractivity contribution is 5.25. The Morgan fingerprint density at radius 3 is 2.55 bits per heavy atom. The molecule has 5 heteroatoms. The lowest BCUT2D eigenvalue weighted by molar-refractivity contribution is 0.138. The predicted octanol–water partition coefficient (Wildman–Crippen LogP) is 0.666. The molecule has 1 aromatic rings. The highest BCUT2D eigenvalue weighted by atomic mass is 16.3. The van der Waals surface area contributed by atoms with E-state index in [0.717, 1.165) is 45.8 Å². The zero-order valence-electron chi connectivity index (χ0n) is 12.1. The Bertz CT molecular complexity index is 516. The largest absolute Gasteiger partial charge is 0.503 e. The Morgan fingerprint density at radius 1 is 1.25 bits per heavy atom. The van der Waals surface area contributed by atoms with Crippen LogP contribution in [-0.4, -0.2) is 58.7 Å². The summed E-state index contributed by atoms with van der Waals surface area (Å²) in [5.41, 5.74) is 0.333. The molecule has 1 fully saturated rings. The second-order valence-corrected chi connectivity index (χ2v) is 5.24. The minimum atomic E-state index is -0.309. The van der Waals surface area contributed by atoms with Crippen LogP contribution in [0.1, 0.15) is 5.69 Å². The van der Waals surface area contributed by atoms with Gasteiger partial charge in [-0.05, 0) is 6.92 Å². The molecule has 5 nitrogen and oxygen atoms in total. The van der Waals surface area contributed by atoms with Gasteiger partial charge in [0.05, 0.1) is 5.69 Å². The minimum Gasteiger partial charge on any atom is -0.503 e. The molecule has 1 saturated heterocycles. The van der Waals surface area contributed by atoms with E-state index in [4.69, 9.17) is 0 Å². The first-order valence-corrected chi connectivity index (χ1v) is 7.06. The lowest BCUT2D eigenvalue weighted by Crippen LogP contribution is -2.47. The summed E-state index contributed by atoms with van der Waals surface area (Å²) in [5.74, 6) is -0.136. The summed E-state index contributed by atoms with van der Waals surface area (Å²) >= 11 is 0. The molecule has 0 amide bonds. The van der Waals surface area contributed by atoms with Crippen LogP contribution in [-0.2, 0) is 6.54 Å². The number of hydrogen-bond acceptors (Lipinski definition) is 4. The van der Waals surface area contributed by atoms with Crippen molar-refractivity contribution in [1.29, 1.82) is 0 Å². The summed E-state index contributed by atoms with van der Waals surface area (Å²) in [5, 5.41) is 9.65. The van der Waals surface area contributed by atoms with Crippen LogP contribution in [0.15, 0.2) is 29.7 Å². The van der Waals surface area contributed by atoms with E-state index in [1.165, 1.54) is 6.07 Å². The first-order valence-electron chi connectivity index (χ1n) is 7.06. The number of hydrogen-bond donors (Lipinski definition) is 1. The standard InChI is InChI=1S/C15H23N3O2/c1-3-5-16-7-9-17(10-8-16)11-12-18-6-4-14(19)15(20)13(18)2/h3-4,6,20H,1,5,7-12H2,2H3. The topological polar surface area (TPSA) is 48.7 Å². The van der Waals surface area contributed by atoms with Gasteiger partial charge in [-0.25, -0.2) is 0 Å². The normalized spacial score (nSPS) is 17.2. The number of pyridine rings is 1. The number of piperazine rings is 1. The third-order valence-corrected chi connectivity index (χ3v) is 3.92. The van der Waals surface area contributed by atoms with E-state index in [1.54, 1.807) is 13.1 Å². The monoisotopic (exact) mass is 277 g/mol. The molecular weight excluding hydrogens is 254 g/mol. The number of aromatic hydroxyl groups is 1. The molecule has 110 valence electrons. The number of nitrogens with zero attached hydrogens (tertiary/aromatic N) is 3. The number of aromatic nitrogens is 1. The van der Waals surface area contributed by atoms with Gasteiger partial charge < -0.3 is 9.67 Å². The summed E-state index contributed by atoms with van der Waals surface area (Å²) < 4.78 is 1.94. The Balaban J connectivity index is 1.86. The van der Waals surface area contributed by atoms with Gasteiger partial charge in [-0.1, -0.05) is 6.08 Å². The van der Waals surface area contributed by atoms with E-state index in [0.29, 0.717) is 5.69 Å². The molecule has 0 unspecified atom stereocenters. The van der Waals surface area contributed by atoms with Crippen LogP contribution in [0.2, 0.25) is 0 Å². The summed E-state index contributed by atoms with van der Waals surface area (Å²) in [6, 6.07) is 1.42. The summed E-state index contributed by atoms with van der Waals surface area (Å²) in [7, 11) is 0. The molecule has 1 N–H and O–H groups in total. The van der Waals surface area contributed by atoms with Crippen molar-refractivity contribution in [3.8, 4) is 5.75 Å². The van der Waals surface area contributed by atoms with Gasteiger partial charge in [-0.2, -0.15) is 0 Å². The molecule has 0 spiro atoms. The Hall–Kier alpha value is -1.59. The van der Waals surface area contributed by atoms with E-state index in [2.05, 4.69) is 16.4 Å². The second kappa shape index (κ2) is 6.72. The van der Waals surface area contributed by atoms with Crippen molar-refractivity contribution >= 4 is 0 Å². The van der Waals surface area contributed by atoms with Crippen molar-refractivity contribution in [2.75, 3.05) is 39.3 Å². The molecule has 0 aliphatic carbocycles. The molecule has 1 aliphatic rings. The summed E-state index contributed by atoms with van der Waals surface area (Å²) in [6.45, 7) is 12.5. The average molecular weight is 277 g/mol. The van der Waals surface area contributed by atoms with E-state index < -0.39 is 0 Å². The molecule has 0 radical (unpaired) electrons. The molecule has 0 atom stereocenters. The van der Waals surface area contributed by atoms with Gasteiger partial charge in [0, 0.05) is 58.1 Å². The predicted molar refractivity (Wildman–Crippen MR) is 80.2 cm³/mol.